The standard InChI is InChI=1S/C23H29FN4O2.HI/c1-3-22(29)28-14-12-18(16-28)27-23(25-2)26-13-11-17-9-10-21(20(24)15-17)30-19-7-5-4-6-8-19;/h4-10,15,18H,3,11-14,16H2,1-2H3,(H2,25,26,27);1H. The largest absolute Gasteiger partial charge is 0.454 e. The number of carbonyl (C=O) groups is 1. The Hall–Kier alpha value is -2.36. The number of nitrogens with one attached hydrogen (secondary N) is 2. The molecule has 1 unspecified atom stereocenters. The SMILES string of the molecule is CCC(=O)N1CCC(NC(=NC)NCCc2ccc(Oc3ccccc3)c(F)c2)C1.I. The molecule has 0 aliphatic carbocycles. The number of hydrogen-bond donors (Lipinski definition) is 2. The molecule has 168 valence electrons. The van der Waals surface area contributed by atoms with Crippen LogP contribution in [0.4, 0.5) is 4.39 Å². The van der Waals surface area contributed by atoms with E-state index in [4.69, 9.17) is 4.74 Å². The van der Waals surface area contributed by atoms with Crippen LogP contribution in [0.15, 0.2) is 53.5 Å². The molecule has 0 spiro atoms. The Morgan fingerprint density at radius 3 is 2.71 bits per heavy atom. The van der Waals surface area contributed by atoms with Crippen LogP contribution in [0, 0.1) is 5.82 Å². The number of amides is 1. The molecule has 0 bridgehead atoms. The van der Waals surface area contributed by atoms with Gasteiger partial charge in [-0.3, -0.25) is 9.79 Å². The number of ether oxygens (including phenoxy) is 1. The van der Waals surface area contributed by atoms with Crippen molar-refractivity contribution < 1.29 is 13.9 Å². The third-order valence-corrected chi connectivity index (χ3v) is 5.08. The molecule has 6 nitrogen and oxygen atoms in total. The Kier molecular flexibility index (Phi) is 10.0. The maximum Gasteiger partial charge on any atom is 0.222 e. The van der Waals surface area contributed by atoms with Crippen LogP contribution in [-0.4, -0.2) is 49.5 Å². The first kappa shape index (κ1) is 24.9. The van der Waals surface area contributed by atoms with Gasteiger partial charge in [0.1, 0.15) is 5.75 Å². The molecule has 0 saturated carbocycles. The first-order valence-corrected chi connectivity index (χ1v) is 10.3. The van der Waals surface area contributed by atoms with Gasteiger partial charge in [0.2, 0.25) is 5.91 Å². The third kappa shape index (κ3) is 7.37. The van der Waals surface area contributed by atoms with Gasteiger partial charge in [-0.25, -0.2) is 4.39 Å². The quantitative estimate of drug-likeness (QED) is 0.317. The van der Waals surface area contributed by atoms with Crippen LogP contribution in [0.3, 0.4) is 0 Å². The van der Waals surface area contributed by atoms with E-state index in [9.17, 15) is 9.18 Å². The monoisotopic (exact) mass is 540 g/mol. The van der Waals surface area contributed by atoms with Crippen LogP contribution in [0.2, 0.25) is 0 Å². The summed E-state index contributed by atoms with van der Waals surface area (Å²) >= 11 is 0. The smallest absolute Gasteiger partial charge is 0.222 e. The van der Waals surface area contributed by atoms with Crippen LogP contribution in [0.1, 0.15) is 25.3 Å². The van der Waals surface area contributed by atoms with E-state index in [1.54, 1.807) is 25.2 Å². The minimum Gasteiger partial charge on any atom is -0.454 e. The van der Waals surface area contributed by atoms with E-state index < -0.39 is 0 Å². The predicted molar refractivity (Wildman–Crippen MR) is 132 cm³/mol. The minimum atomic E-state index is -0.384. The summed E-state index contributed by atoms with van der Waals surface area (Å²) in [6, 6.07) is 14.4. The topological polar surface area (TPSA) is 66.0 Å². The van der Waals surface area contributed by atoms with E-state index in [1.807, 2.05) is 36.1 Å². The lowest BCUT2D eigenvalue weighted by Crippen LogP contribution is -2.45. The lowest BCUT2D eigenvalue weighted by molar-refractivity contribution is -0.129. The Bertz CT molecular complexity index is 879. The number of halogens is 2. The van der Waals surface area contributed by atoms with Gasteiger partial charge in [0.05, 0.1) is 0 Å². The maximum atomic E-state index is 14.4. The Labute approximate surface area is 200 Å². The first-order valence-electron chi connectivity index (χ1n) is 10.3. The number of rotatable bonds is 7. The number of aliphatic imine (C=N–C) groups is 1. The molecule has 2 aromatic rings. The van der Waals surface area contributed by atoms with Crippen molar-refractivity contribution in [3.63, 3.8) is 0 Å². The highest BCUT2D eigenvalue weighted by atomic mass is 127. The Balaban J connectivity index is 0.00000341. The number of likely N-dealkylation sites (tertiary alicyclic amines) is 1. The van der Waals surface area contributed by atoms with Crippen molar-refractivity contribution in [1.29, 1.82) is 0 Å². The second kappa shape index (κ2) is 12.5. The molecule has 1 saturated heterocycles. The van der Waals surface area contributed by atoms with E-state index in [1.165, 1.54) is 6.07 Å². The molecule has 0 radical (unpaired) electrons. The van der Waals surface area contributed by atoms with Crippen molar-refractivity contribution in [3.05, 3.63) is 59.9 Å². The zero-order valence-electron chi connectivity index (χ0n) is 17.9. The summed E-state index contributed by atoms with van der Waals surface area (Å²) in [7, 11) is 1.72. The molecule has 1 aliphatic rings. The molecule has 1 aliphatic heterocycles. The average molecular weight is 540 g/mol. The van der Waals surface area contributed by atoms with Crippen molar-refractivity contribution in [1.82, 2.24) is 15.5 Å². The van der Waals surface area contributed by atoms with Crippen LogP contribution in [-0.2, 0) is 11.2 Å². The number of nitrogens with zero attached hydrogens (tertiary/aromatic N) is 2. The third-order valence-electron chi connectivity index (χ3n) is 5.08. The highest BCUT2D eigenvalue weighted by molar-refractivity contribution is 14.0. The molecule has 1 fully saturated rings. The number of carbonyl (C=O) groups excluding carboxylic acids is 1. The van der Waals surface area contributed by atoms with Crippen molar-refractivity contribution in [2.75, 3.05) is 26.7 Å². The average Bonchev–Trinajstić information content (AvgIpc) is 3.23. The van der Waals surface area contributed by atoms with Gasteiger partial charge in [-0.15, -0.1) is 24.0 Å². The van der Waals surface area contributed by atoms with Gasteiger partial charge < -0.3 is 20.3 Å². The van der Waals surface area contributed by atoms with E-state index in [2.05, 4.69) is 15.6 Å². The second-order valence-corrected chi connectivity index (χ2v) is 7.25. The molecular formula is C23H30FIN4O2. The van der Waals surface area contributed by atoms with Gasteiger partial charge in [0.15, 0.2) is 17.5 Å². The van der Waals surface area contributed by atoms with Crippen LogP contribution in [0.5, 0.6) is 11.5 Å². The highest BCUT2D eigenvalue weighted by Gasteiger charge is 2.25. The number of para-hydroxylation sites is 1. The molecule has 0 aromatic heterocycles. The summed E-state index contributed by atoms with van der Waals surface area (Å²) in [4.78, 5) is 17.9. The van der Waals surface area contributed by atoms with Gasteiger partial charge in [-0.2, -0.15) is 0 Å². The Morgan fingerprint density at radius 1 is 1.26 bits per heavy atom. The van der Waals surface area contributed by atoms with E-state index >= 15 is 0 Å². The van der Waals surface area contributed by atoms with Gasteiger partial charge in [-0.05, 0) is 42.7 Å². The maximum absolute atomic E-state index is 14.4. The summed E-state index contributed by atoms with van der Waals surface area (Å²) < 4.78 is 20.0. The normalized spacial score (nSPS) is 15.9. The van der Waals surface area contributed by atoms with Crippen LogP contribution < -0.4 is 15.4 Å². The number of benzene rings is 2. The minimum absolute atomic E-state index is 0. The molecule has 3 rings (SSSR count). The van der Waals surface area contributed by atoms with Gasteiger partial charge >= 0.3 is 0 Å². The fraction of sp³-hybridized carbons (Fsp3) is 0.391. The zero-order chi connectivity index (χ0) is 21.3. The zero-order valence-corrected chi connectivity index (χ0v) is 20.3. The second-order valence-electron chi connectivity index (χ2n) is 7.25. The summed E-state index contributed by atoms with van der Waals surface area (Å²) in [5.41, 5.74) is 0.872. The van der Waals surface area contributed by atoms with Crippen LogP contribution >= 0.6 is 24.0 Å². The molecule has 2 N–H and O–H groups in total. The van der Waals surface area contributed by atoms with Gasteiger partial charge in [0.25, 0.3) is 0 Å². The summed E-state index contributed by atoms with van der Waals surface area (Å²) in [5.74, 6) is 1.30. The number of hydrogen-bond acceptors (Lipinski definition) is 3. The van der Waals surface area contributed by atoms with E-state index in [0.29, 0.717) is 37.6 Å². The van der Waals surface area contributed by atoms with Crippen molar-refractivity contribution in [3.8, 4) is 11.5 Å². The summed E-state index contributed by atoms with van der Waals surface area (Å²) in [6.07, 6.45) is 2.08. The highest BCUT2D eigenvalue weighted by Crippen LogP contribution is 2.25. The fourth-order valence-electron chi connectivity index (χ4n) is 3.44. The Morgan fingerprint density at radius 2 is 2.03 bits per heavy atom. The number of guanidine groups is 1. The first-order chi connectivity index (χ1) is 14.6. The molecular weight excluding hydrogens is 510 g/mol. The molecule has 2 aromatic carbocycles. The van der Waals surface area contributed by atoms with Crippen molar-refractivity contribution in [2.45, 2.75) is 32.2 Å². The fourth-order valence-corrected chi connectivity index (χ4v) is 3.44. The van der Waals surface area contributed by atoms with Gasteiger partial charge in [-0.1, -0.05) is 31.2 Å². The van der Waals surface area contributed by atoms with Crippen LogP contribution in [0.25, 0.3) is 0 Å². The molecule has 1 heterocycles. The lowest BCUT2D eigenvalue weighted by Gasteiger charge is -2.18. The molecule has 1 amide bonds. The lowest BCUT2D eigenvalue weighted by atomic mass is 10.1. The summed E-state index contributed by atoms with van der Waals surface area (Å²) in [5, 5.41) is 6.62. The van der Waals surface area contributed by atoms with Gasteiger partial charge in [0, 0.05) is 39.1 Å². The molecule has 1 atom stereocenters. The molecule has 31 heavy (non-hydrogen) atoms. The van der Waals surface area contributed by atoms with E-state index in [-0.39, 0.29) is 47.5 Å². The summed E-state index contributed by atoms with van der Waals surface area (Å²) in [6.45, 7) is 3.97. The predicted octanol–water partition coefficient (Wildman–Crippen LogP) is 3.95. The van der Waals surface area contributed by atoms with Crippen molar-refractivity contribution in [2.24, 2.45) is 4.99 Å². The van der Waals surface area contributed by atoms with E-state index in [0.717, 1.165) is 18.5 Å². The van der Waals surface area contributed by atoms with Crippen molar-refractivity contribution >= 4 is 35.8 Å². The molecule has 8 heteroatoms.